The first kappa shape index (κ1) is 27.2. The maximum absolute atomic E-state index is 15.6. The maximum Gasteiger partial charge on any atom is 0.225 e. The van der Waals surface area contributed by atoms with E-state index in [0.717, 1.165) is 12.8 Å². The minimum Gasteiger partial charge on any atom is -0.612 e. The predicted octanol–water partition coefficient (Wildman–Crippen LogP) is 3.94. The molecule has 4 N–H and O–H groups in total. The van der Waals surface area contributed by atoms with Crippen molar-refractivity contribution in [3.8, 4) is 5.88 Å². The molecule has 0 amide bonds. The van der Waals surface area contributed by atoms with Crippen molar-refractivity contribution < 1.29 is 18.4 Å². The van der Waals surface area contributed by atoms with Crippen LogP contribution < -0.4 is 16.3 Å². The van der Waals surface area contributed by atoms with Crippen molar-refractivity contribution >= 4 is 38.8 Å². The number of aromatic nitrogens is 3. The maximum atomic E-state index is 15.6. The Bertz CT molecular complexity index is 1540. The Morgan fingerprint density at radius 1 is 1.26 bits per heavy atom. The van der Waals surface area contributed by atoms with Gasteiger partial charge >= 0.3 is 0 Å². The molecule has 1 unspecified atom stereocenters. The summed E-state index contributed by atoms with van der Waals surface area (Å²) >= 11 is -1.41. The highest BCUT2D eigenvalue weighted by molar-refractivity contribution is 7.91. The van der Waals surface area contributed by atoms with Gasteiger partial charge in [0, 0.05) is 43.3 Å². The van der Waals surface area contributed by atoms with Gasteiger partial charge in [0.2, 0.25) is 5.88 Å². The molecule has 4 heterocycles. The first-order chi connectivity index (χ1) is 18.7. The van der Waals surface area contributed by atoms with Crippen LogP contribution in [0.2, 0.25) is 0 Å². The molecule has 3 aromatic heterocycles. The van der Waals surface area contributed by atoms with Gasteiger partial charge in [-0.15, -0.1) is 0 Å². The molecule has 1 fully saturated rings. The Kier molecular flexibility index (Phi) is 7.68. The zero-order valence-electron chi connectivity index (χ0n) is 22.5. The van der Waals surface area contributed by atoms with Crippen molar-refractivity contribution in [1.29, 1.82) is 0 Å². The summed E-state index contributed by atoms with van der Waals surface area (Å²) in [4.78, 5) is 9.82. The van der Waals surface area contributed by atoms with E-state index >= 15 is 4.39 Å². The summed E-state index contributed by atoms with van der Waals surface area (Å²) in [5, 5.41) is 2.07. The number of hydrazine groups is 1. The van der Waals surface area contributed by atoms with Gasteiger partial charge in [-0.1, -0.05) is 18.2 Å². The van der Waals surface area contributed by atoms with Crippen molar-refractivity contribution in [3.63, 3.8) is 0 Å². The molecule has 0 saturated carbocycles. The molecule has 1 aliphatic rings. The molecule has 206 valence electrons. The molecule has 5 rings (SSSR count). The first-order valence-corrected chi connectivity index (χ1v) is 14.3. The smallest absolute Gasteiger partial charge is 0.225 e. The number of methoxy groups -OCH3 is 1. The average Bonchev–Trinajstić information content (AvgIpc) is 3.24. The molecule has 0 radical (unpaired) electrons. The van der Waals surface area contributed by atoms with E-state index in [9.17, 15) is 4.55 Å². The molecular formula is C28H33FN6O3S. The van der Waals surface area contributed by atoms with E-state index in [-0.39, 0.29) is 11.7 Å². The average molecular weight is 553 g/mol. The number of nitrogens with zero attached hydrogens (tertiary/aromatic N) is 4. The molecule has 9 nitrogen and oxygen atoms in total. The van der Waals surface area contributed by atoms with Crippen LogP contribution in [0.4, 0.5) is 4.39 Å². The topological polar surface area (TPSA) is 128 Å². The number of hydrogen-bond donors (Lipinski definition) is 2. The fourth-order valence-electron chi connectivity index (χ4n) is 5.71. The van der Waals surface area contributed by atoms with E-state index in [1.54, 1.807) is 38.7 Å². The number of allylic oxidation sites excluding steroid dienone is 1. The number of pyridine rings is 2. The van der Waals surface area contributed by atoms with E-state index in [2.05, 4.69) is 9.55 Å². The van der Waals surface area contributed by atoms with Crippen LogP contribution in [0.1, 0.15) is 36.9 Å². The van der Waals surface area contributed by atoms with Gasteiger partial charge in [-0.25, -0.2) is 15.2 Å². The molecule has 1 aromatic carbocycles. The van der Waals surface area contributed by atoms with Crippen molar-refractivity contribution in [2.75, 3.05) is 33.6 Å². The Hall–Kier alpha value is -3.38. The largest absolute Gasteiger partial charge is 0.612 e. The molecule has 0 aliphatic carbocycles. The van der Waals surface area contributed by atoms with Gasteiger partial charge in [0.25, 0.3) is 0 Å². The third kappa shape index (κ3) is 4.80. The Labute approximate surface area is 229 Å². The molecule has 1 saturated heterocycles. The van der Waals surface area contributed by atoms with Crippen LogP contribution in [-0.4, -0.2) is 57.7 Å². The Morgan fingerprint density at radius 3 is 2.59 bits per heavy atom. The molecule has 1 aliphatic heterocycles. The lowest BCUT2D eigenvalue weighted by molar-refractivity contribution is 0.0548. The first-order valence-electron chi connectivity index (χ1n) is 12.7. The van der Waals surface area contributed by atoms with Gasteiger partial charge in [-0.05, 0) is 49.0 Å². The van der Waals surface area contributed by atoms with Crippen molar-refractivity contribution in [2.24, 2.45) is 17.5 Å². The van der Waals surface area contributed by atoms with Crippen molar-refractivity contribution in [2.45, 2.75) is 30.7 Å². The quantitative estimate of drug-likeness (QED) is 0.201. The Morgan fingerprint density at radius 2 is 1.97 bits per heavy atom. The molecular weight excluding hydrogens is 519 g/mol. The number of rotatable bonds is 7. The van der Waals surface area contributed by atoms with Crippen LogP contribution >= 0.6 is 0 Å². The Balaban J connectivity index is 1.97. The minimum absolute atomic E-state index is 0.0406. The highest BCUT2D eigenvalue weighted by atomic mass is 32.2. The van der Waals surface area contributed by atoms with Gasteiger partial charge < -0.3 is 29.3 Å². The lowest BCUT2D eigenvalue weighted by Gasteiger charge is -2.33. The standard InChI is InChI=1S/C28H33FN6O3S/c1-16(30)25(34(2)31)18-13-21-24(32-14-18)23-27(22(39(4)36)15-33-28(23)37-3)35(21)26(17-9-11-38-12-10-17)19-7-5-6-8-20(19)29/h5-8,13-15,17,26H,9-12,30-31H2,1-4H3/b25-16-/t26-,39?/m0/s1. The highest BCUT2D eigenvalue weighted by Gasteiger charge is 2.35. The molecule has 0 spiro atoms. The van der Waals surface area contributed by atoms with E-state index in [1.807, 2.05) is 18.2 Å². The second-order valence-corrected chi connectivity index (χ2v) is 11.2. The molecule has 39 heavy (non-hydrogen) atoms. The number of halogens is 1. The van der Waals surface area contributed by atoms with Crippen LogP contribution in [0.5, 0.6) is 5.88 Å². The number of ether oxygens (including phenoxy) is 2. The van der Waals surface area contributed by atoms with Crippen LogP contribution in [-0.2, 0) is 15.9 Å². The summed E-state index contributed by atoms with van der Waals surface area (Å²) in [6, 6.07) is 8.32. The highest BCUT2D eigenvalue weighted by Crippen LogP contribution is 2.45. The summed E-state index contributed by atoms with van der Waals surface area (Å²) < 4.78 is 42.1. The lowest BCUT2D eigenvalue weighted by Crippen LogP contribution is -2.28. The van der Waals surface area contributed by atoms with Crippen LogP contribution in [0.3, 0.4) is 0 Å². The summed E-state index contributed by atoms with van der Waals surface area (Å²) in [6.07, 6.45) is 6.34. The van der Waals surface area contributed by atoms with Crippen LogP contribution in [0.25, 0.3) is 27.6 Å². The molecule has 11 heteroatoms. The number of nitrogens with two attached hydrogens (primary N) is 2. The van der Waals surface area contributed by atoms with Gasteiger partial charge in [-0.3, -0.25) is 4.98 Å². The minimum atomic E-state index is -1.41. The zero-order valence-corrected chi connectivity index (χ0v) is 23.3. The van der Waals surface area contributed by atoms with Crippen molar-refractivity contribution in [3.05, 3.63) is 65.4 Å². The molecule has 2 atom stereocenters. The third-order valence-electron chi connectivity index (χ3n) is 7.31. The monoisotopic (exact) mass is 552 g/mol. The van der Waals surface area contributed by atoms with Crippen LogP contribution in [0, 0.1) is 11.7 Å². The van der Waals surface area contributed by atoms with Crippen LogP contribution in [0.15, 0.2) is 53.3 Å². The second kappa shape index (κ2) is 11.0. The normalized spacial score (nSPS) is 16.8. The van der Waals surface area contributed by atoms with E-state index < -0.39 is 17.2 Å². The molecule has 4 aromatic rings. The van der Waals surface area contributed by atoms with Gasteiger partial charge in [0.05, 0.1) is 35.9 Å². The fourth-order valence-corrected chi connectivity index (χ4v) is 6.39. The summed E-state index contributed by atoms with van der Waals surface area (Å²) in [6.45, 7) is 2.92. The van der Waals surface area contributed by atoms with Crippen molar-refractivity contribution in [1.82, 2.24) is 19.5 Å². The SMILES string of the molecule is COc1ncc([S+](C)[O-])c2c1c1ncc(/C(=C(\C)N)N(C)N)cc1n2[C@H](c1ccccc1F)C1CCOCC1. The molecule has 0 bridgehead atoms. The predicted molar refractivity (Wildman–Crippen MR) is 151 cm³/mol. The van der Waals surface area contributed by atoms with Gasteiger partial charge in [-0.2, -0.15) is 0 Å². The zero-order chi connectivity index (χ0) is 27.8. The number of benzene rings is 1. The summed E-state index contributed by atoms with van der Waals surface area (Å²) in [5.41, 5.74) is 10.5. The summed E-state index contributed by atoms with van der Waals surface area (Å²) in [5.74, 6) is 6.23. The van der Waals surface area contributed by atoms with Gasteiger partial charge in [0.15, 0.2) is 4.90 Å². The third-order valence-corrected chi connectivity index (χ3v) is 8.22. The fraction of sp³-hybridized carbons (Fsp3) is 0.357. The van der Waals surface area contributed by atoms with Gasteiger partial charge in [0.1, 0.15) is 23.1 Å². The second-order valence-electron chi connectivity index (χ2n) is 9.83. The van der Waals surface area contributed by atoms with E-state index in [0.29, 0.717) is 68.4 Å². The number of hydrogen-bond acceptors (Lipinski definition) is 8. The number of fused-ring (bicyclic) bond motifs is 3. The lowest BCUT2D eigenvalue weighted by atomic mass is 9.86. The summed E-state index contributed by atoms with van der Waals surface area (Å²) in [7, 11) is 3.25. The van der Waals surface area contributed by atoms with E-state index in [1.165, 1.54) is 18.2 Å². The van der Waals surface area contributed by atoms with E-state index in [4.69, 9.17) is 26.0 Å².